The molecule has 1 heterocycles. The molecule has 7 nitrogen and oxygen atoms in total. The Morgan fingerprint density at radius 1 is 0.886 bits per heavy atom. The maximum atomic E-state index is 14.6. The van der Waals surface area contributed by atoms with Gasteiger partial charge in [-0.15, -0.1) is 0 Å². The van der Waals surface area contributed by atoms with Crippen molar-refractivity contribution < 1.29 is 18.7 Å². The van der Waals surface area contributed by atoms with E-state index in [1.54, 1.807) is 45.5 Å². The number of hydrogen-bond acceptors (Lipinski definition) is 6. The molecule has 2 N–H and O–H groups in total. The van der Waals surface area contributed by atoms with E-state index >= 15 is 0 Å². The van der Waals surface area contributed by atoms with Gasteiger partial charge in [-0.05, 0) is 58.7 Å². The molecule has 35 heavy (non-hydrogen) atoms. The van der Waals surface area contributed by atoms with Crippen LogP contribution in [0.2, 0.25) is 0 Å². The molecule has 0 saturated carbocycles. The zero-order valence-electron chi connectivity index (χ0n) is 19.9. The number of fused-ring (bicyclic) bond motifs is 1. The summed E-state index contributed by atoms with van der Waals surface area (Å²) in [7, 11) is 5.02. The number of nitrogens with one attached hydrogen (secondary N) is 2. The van der Waals surface area contributed by atoms with Crippen LogP contribution in [0.5, 0.6) is 0 Å². The third kappa shape index (κ3) is 5.45. The molecule has 3 aromatic carbocycles. The van der Waals surface area contributed by atoms with Gasteiger partial charge in [0.2, 0.25) is 0 Å². The lowest BCUT2D eigenvalue weighted by Gasteiger charge is -2.12. The number of ether oxygens (including phenoxy) is 2. The molecule has 0 aliphatic carbocycles. The summed E-state index contributed by atoms with van der Waals surface area (Å²) in [6, 6.07) is 16.0. The van der Waals surface area contributed by atoms with E-state index in [0.29, 0.717) is 24.3 Å². The first-order valence-electron chi connectivity index (χ1n) is 11.1. The van der Waals surface area contributed by atoms with Gasteiger partial charge in [-0.25, -0.2) is 14.4 Å². The lowest BCUT2D eigenvalue weighted by atomic mass is 10.0. The third-order valence-electron chi connectivity index (χ3n) is 5.76. The molecule has 0 unspecified atom stereocenters. The van der Waals surface area contributed by atoms with Crippen molar-refractivity contribution in [1.82, 2.24) is 15.3 Å². The maximum Gasteiger partial charge on any atom is 0.251 e. The van der Waals surface area contributed by atoms with E-state index in [4.69, 9.17) is 9.47 Å². The fourth-order valence-corrected chi connectivity index (χ4v) is 3.96. The summed E-state index contributed by atoms with van der Waals surface area (Å²) in [5.41, 5.74) is 5.23. The molecule has 8 heteroatoms. The number of amides is 1. The van der Waals surface area contributed by atoms with Crippen molar-refractivity contribution in [3.05, 3.63) is 89.0 Å². The fraction of sp³-hybridized carbons (Fsp3) is 0.222. The highest BCUT2D eigenvalue weighted by molar-refractivity contribution is 5.94. The first-order valence-corrected chi connectivity index (χ1v) is 11.1. The van der Waals surface area contributed by atoms with E-state index in [2.05, 4.69) is 20.6 Å². The molecule has 1 aromatic heterocycles. The highest BCUT2D eigenvalue weighted by Crippen LogP contribution is 2.28. The number of benzene rings is 3. The number of rotatable bonds is 9. The first kappa shape index (κ1) is 24.3. The molecule has 0 radical (unpaired) electrons. The van der Waals surface area contributed by atoms with E-state index in [-0.39, 0.29) is 18.3 Å². The normalized spacial score (nSPS) is 11.0. The van der Waals surface area contributed by atoms with Crippen LogP contribution in [-0.2, 0) is 29.2 Å². The summed E-state index contributed by atoms with van der Waals surface area (Å²) in [6.45, 7) is 0.842. The molecule has 4 aromatic rings. The largest absolute Gasteiger partial charge is 0.380 e. The van der Waals surface area contributed by atoms with E-state index in [1.165, 1.54) is 12.4 Å². The smallest absolute Gasteiger partial charge is 0.251 e. The standard InChI is InChI=1S/C27H27FN4O3/c1-29-26-23-12-18(7-9-25(23)31-16-32-26)17-6-8-24(28)21(10-17)13-30-27(33)19-4-5-20(14-34-2)22(11-19)15-35-3/h4-12,16H,13-15H2,1-3H3,(H,30,33)(H,29,31,32). The molecule has 0 fully saturated rings. The molecule has 0 aliphatic rings. The summed E-state index contributed by atoms with van der Waals surface area (Å²) < 4.78 is 25.1. The van der Waals surface area contributed by atoms with Crippen molar-refractivity contribution in [1.29, 1.82) is 0 Å². The molecule has 1 amide bonds. The lowest BCUT2D eigenvalue weighted by Crippen LogP contribution is -2.23. The zero-order valence-corrected chi connectivity index (χ0v) is 19.9. The first-order chi connectivity index (χ1) is 17.0. The summed E-state index contributed by atoms with van der Waals surface area (Å²) in [5, 5.41) is 6.76. The van der Waals surface area contributed by atoms with Crippen LogP contribution in [0.15, 0.2) is 60.9 Å². The summed E-state index contributed by atoms with van der Waals surface area (Å²) in [6.07, 6.45) is 1.51. The van der Waals surface area contributed by atoms with Crippen molar-refractivity contribution in [2.24, 2.45) is 0 Å². The molecule has 0 bridgehead atoms. The Morgan fingerprint density at radius 2 is 1.63 bits per heavy atom. The van der Waals surface area contributed by atoms with Crippen molar-refractivity contribution in [3.8, 4) is 11.1 Å². The second-order valence-corrected chi connectivity index (χ2v) is 8.04. The van der Waals surface area contributed by atoms with Gasteiger partial charge in [-0.1, -0.05) is 18.2 Å². The number of hydrogen-bond donors (Lipinski definition) is 2. The summed E-state index contributed by atoms with van der Waals surface area (Å²) in [5.74, 6) is 0.0399. The van der Waals surface area contributed by atoms with Crippen LogP contribution in [-0.4, -0.2) is 37.1 Å². The second kappa shape index (κ2) is 11.0. The number of aromatic nitrogens is 2. The Morgan fingerprint density at radius 3 is 2.40 bits per heavy atom. The van der Waals surface area contributed by atoms with Crippen LogP contribution in [0.1, 0.15) is 27.0 Å². The predicted octanol–water partition coefficient (Wildman–Crippen LogP) is 4.70. The van der Waals surface area contributed by atoms with Crippen molar-refractivity contribution in [3.63, 3.8) is 0 Å². The van der Waals surface area contributed by atoms with Crippen molar-refractivity contribution in [2.75, 3.05) is 26.6 Å². The van der Waals surface area contributed by atoms with Crippen LogP contribution in [0, 0.1) is 5.82 Å². The topological polar surface area (TPSA) is 85.4 Å². The predicted molar refractivity (Wildman–Crippen MR) is 134 cm³/mol. The van der Waals surface area contributed by atoms with Crippen molar-refractivity contribution >= 4 is 22.6 Å². The van der Waals surface area contributed by atoms with E-state index in [9.17, 15) is 9.18 Å². The minimum absolute atomic E-state index is 0.0520. The Labute approximate surface area is 203 Å². The number of carbonyl (C=O) groups is 1. The molecule has 0 spiro atoms. The Kier molecular flexibility index (Phi) is 7.64. The van der Waals surface area contributed by atoms with Gasteiger partial charge in [0.05, 0.1) is 18.7 Å². The van der Waals surface area contributed by atoms with E-state index < -0.39 is 0 Å². The van der Waals surface area contributed by atoms with Gasteiger partial charge in [0.15, 0.2) is 0 Å². The van der Waals surface area contributed by atoms with Gasteiger partial charge in [-0.2, -0.15) is 0 Å². The van der Waals surface area contributed by atoms with Gasteiger partial charge in [0.1, 0.15) is 18.0 Å². The van der Waals surface area contributed by atoms with Gasteiger partial charge < -0.3 is 20.1 Å². The zero-order chi connectivity index (χ0) is 24.8. The quantitative estimate of drug-likeness (QED) is 0.366. The third-order valence-corrected chi connectivity index (χ3v) is 5.76. The average Bonchev–Trinajstić information content (AvgIpc) is 2.88. The Bertz CT molecular complexity index is 1360. The van der Waals surface area contributed by atoms with Crippen LogP contribution in [0.4, 0.5) is 10.2 Å². The van der Waals surface area contributed by atoms with Crippen LogP contribution < -0.4 is 10.6 Å². The summed E-state index contributed by atoms with van der Waals surface area (Å²) in [4.78, 5) is 21.4. The number of halogens is 1. The molecular formula is C27H27FN4O3. The number of nitrogens with zero attached hydrogens (tertiary/aromatic N) is 2. The minimum Gasteiger partial charge on any atom is -0.380 e. The molecule has 0 atom stereocenters. The maximum absolute atomic E-state index is 14.6. The number of anilines is 1. The Hall–Kier alpha value is -3.88. The molecule has 4 rings (SSSR count). The summed E-state index contributed by atoms with van der Waals surface area (Å²) >= 11 is 0. The number of carbonyl (C=O) groups excluding carboxylic acids is 1. The number of methoxy groups -OCH3 is 2. The van der Waals surface area contributed by atoms with Crippen LogP contribution in [0.25, 0.3) is 22.0 Å². The van der Waals surface area contributed by atoms with Crippen LogP contribution >= 0.6 is 0 Å². The minimum atomic E-state index is -0.385. The van der Waals surface area contributed by atoms with E-state index in [0.717, 1.165) is 39.0 Å². The SMILES string of the molecule is CNc1ncnc2ccc(-c3ccc(F)c(CNC(=O)c4ccc(COC)c(COC)c4)c3)cc12. The molecule has 180 valence electrons. The van der Waals surface area contributed by atoms with Gasteiger partial charge in [-0.3, -0.25) is 4.79 Å². The second-order valence-electron chi connectivity index (χ2n) is 8.04. The van der Waals surface area contributed by atoms with E-state index in [1.807, 2.05) is 24.3 Å². The van der Waals surface area contributed by atoms with Crippen LogP contribution in [0.3, 0.4) is 0 Å². The Balaban J connectivity index is 1.55. The molecule has 0 aliphatic heterocycles. The fourth-order valence-electron chi connectivity index (χ4n) is 3.96. The average molecular weight is 475 g/mol. The molecule has 0 saturated heterocycles. The lowest BCUT2D eigenvalue weighted by molar-refractivity contribution is 0.0950. The van der Waals surface area contributed by atoms with Gasteiger partial charge in [0.25, 0.3) is 5.91 Å². The highest BCUT2D eigenvalue weighted by atomic mass is 19.1. The highest BCUT2D eigenvalue weighted by Gasteiger charge is 2.13. The monoisotopic (exact) mass is 474 g/mol. The van der Waals surface area contributed by atoms with Gasteiger partial charge in [0, 0.05) is 44.3 Å². The van der Waals surface area contributed by atoms with Crippen molar-refractivity contribution in [2.45, 2.75) is 19.8 Å². The molecular weight excluding hydrogens is 447 g/mol. The van der Waals surface area contributed by atoms with Gasteiger partial charge >= 0.3 is 0 Å².